The SMILES string of the molecule is c1ccc(-c2cc(-n3c4ccccc4c4cc(-c5ccccc5)ccc43)cc(-n3c4ccccc4c4cc5c(ccn5-c5ccccc5)cc43)c2)cc1. The van der Waals surface area contributed by atoms with E-state index in [4.69, 9.17) is 0 Å². The van der Waals surface area contributed by atoms with Crippen molar-refractivity contribution in [1.82, 2.24) is 13.7 Å². The summed E-state index contributed by atoms with van der Waals surface area (Å²) in [7, 11) is 0. The largest absolute Gasteiger partial charge is 0.317 e. The van der Waals surface area contributed by atoms with Gasteiger partial charge in [-0.25, -0.2) is 0 Å². The predicted molar refractivity (Wildman–Crippen MR) is 223 cm³/mol. The molecule has 0 aliphatic heterocycles. The Hall–Kier alpha value is -7.10. The summed E-state index contributed by atoms with van der Waals surface area (Å²) in [5.74, 6) is 0. The van der Waals surface area contributed by atoms with Crippen LogP contribution >= 0.6 is 0 Å². The Morgan fingerprint density at radius 3 is 1.45 bits per heavy atom. The summed E-state index contributed by atoms with van der Waals surface area (Å²) in [4.78, 5) is 0. The number of hydrogen-bond donors (Lipinski definition) is 0. The quantitative estimate of drug-likeness (QED) is 0.172. The maximum Gasteiger partial charge on any atom is 0.0548 e. The Morgan fingerprint density at radius 1 is 0.264 bits per heavy atom. The maximum atomic E-state index is 2.46. The van der Waals surface area contributed by atoms with Crippen molar-refractivity contribution in [3.8, 4) is 39.3 Å². The second-order valence-corrected chi connectivity index (χ2v) is 13.9. The topological polar surface area (TPSA) is 14.8 Å². The molecule has 248 valence electrons. The molecule has 0 saturated carbocycles. The summed E-state index contributed by atoms with van der Waals surface area (Å²) in [6.45, 7) is 0. The molecule has 0 saturated heterocycles. The van der Waals surface area contributed by atoms with Gasteiger partial charge in [0, 0.05) is 50.2 Å². The zero-order valence-corrected chi connectivity index (χ0v) is 28.9. The highest BCUT2D eigenvalue weighted by molar-refractivity contribution is 6.14. The highest BCUT2D eigenvalue weighted by atomic mass is 15.0. The number of aromatic nitrogens is 3. The fourth-order valence-electron chi connectivity index (χ4n) is 8.40. The Balaban J connectivity index is 1.20. The number of hydrogen-bond acceptors (Lipinski definition) is 0. The first-order chi connectivity index (χ1) is 26.3. The summed E-state index contributed by atoms with van der Waals surface area (Å²) in [5, 5.41) is 6.18. The van der Waals surface area contributed by atoms with Gasteiger partial charge in [0.05, 0.1) is 27.6 Å². The van der Waals surface area contributed by atoms with E-state index < -0.39 is 0 Å². The molecule has 53 heavy (non-hydrogen) atoms. The van der Waals surface area contributed by atoms with Gasteiger partial charge >= 0.3 is 0 Å². The molecule has 0 radical (unpaired) electrons. The molecule has 0 unspecified atom stereocenters. The standard InChI is InChI=1S/C50H33N3/c1-4-14-34(15-5-1)36-24-25-48-44(30-36)42-20-10-12-22-46(42)52(48)40-28-38(35-16-6-2-7-17-35)29-41(32-40)53-47-23-13-11-21-43(47)45-33-49-37(31-50(45)53)26-27-51(49)39-18-8-3-9-19-39/h1-33H. The molecule has 0 N–H and O–H groups in total. The van der Waals surface area contributed by atoms with Gasteiger partial charge in [0.25, 0.3) is 0 Å². The molecule has 0 spiro atoms. The zero-order chi connectivity index (χ0) is 34.9. The Labute approximate surface area is 306 Å². The summed E-state index contributed by atoms with van der Waals surface area (Å²) >= 11 is 0. The first kappa shape index (κ1) is 29.6. The van der Waals surface area contributed by atoms with Crippen LogP contribution in [0.3, 0.4) is 0 Å². The van der Waals surface area contributed by atoms with E-state index in [-0.39, 0.29) is 0 Å². The van der Waals surface area contributed by atoms with Crippen LogP contribution in [0.2, 0.25) is 0 Å². The number of nitrogens with zero attached hydrogens (tertiary/aromatic N) is 3. The van der Waals surface area contributed by atoms with Crippen molar-refractivity contribution in [3.63, 3.8) is 0 Å². The van der Waals surface area contributed by atoms with Crippen molar-refractivity contribution < 1.29 is 0 Å². The van der Waals surface area contributed by atoms with Crippen LogP contribution in [0.1, 0.15) is 0 Å². The van der Waals surface area contributed by atoms with Gasteiger partial charge in [0.2, 0.25) is 0 Å². The van der Waals surface area contributed by atoms with E-state index in [1.54, 1.807) is 0 Å². The molecule has 8 aromatic carbocycles. The summed E-state index contributed by atoms with van der Waals surface area (Å²) in [6.07, 6.45) is 2.19. The van der Waals surface area contributed by atoms with Crippen LogP contribution in [-0.4, -0.2) is 13.7 Å². The summed E-state index contributed by atoms with van der Waals surface area (Å²) in [5.41, 5.74) is 14.2. The lowest BCUT2D eigenvalue weighted by Gasteiger charge is -2.16. The molecule has 3 nitrogen and oxygen atoms in total. The third-order valence-corrected chi connectivity index (χ3v) is 10.8. The zero-order valence-electron chi connectivity index (χ0n) is 28.9. The van der Waals surface area contributed by atoms with Crippen molar-refractivity contribution in [2.24, 2.45) is 0 Å². The fourth-order valence-corrected chi connectivity index (χ4v) is 8.40. The lowest BCUT2D eigenvalue weighted by Crippen LogP contribution is -2.00. The molecule has 11 rings (SSSR count). The normalized spacial score (nSPS) is 11.8. The molecule has 3 aromatic heterocycles. The Kier molecular flexibility index (Phi) is 6.55. The van der Waals surface area contributed by atoms with Crippen molar-refractivity contribution in [1.29, 1.82) is 0 Å². The first-order valence-corrected chi connectivity index (χ1v) is 18.2. The lowest BCUT2D eigenvalue weighted by molar-refractivity contribution is 1.13. The number of benzene rings is 8. The molecule has 3 heteroatoms. The smallest absolute Gasteiger partial charge is 0.0548 e. The van der Waals surface area contributed by atoms with E-state index in [9.17, 15) is 0 Å². The summed E-state index contributed by atoms with van der Waals surface area (Å²) in [6, 6.07) is 70.6. The van der Waals surface area contributed by atoms with Gasteiger partial charge in [-0.05, 0) is 95.1 Å². The average molecular weight is 676 g/mol. The molecule has 0 aliphatic carbocycles. The fraction of sp³-hybridized carbons (Fsp3) is 0. The molecule has 0 atom stereocenters. The van der Waals surface area contributed by atoms with Crippen LogP contribution in [-0.2, 0) is 0 Å². The average Bonchev–Trinajstić information content (AvgIpc) is 3.90. The molecule has 3 heterocycles. The molecule has 11 aromatic rings. The maximum absolute atomic E-state index is 2.46. The second kappa shape index (κ2) is 11.7. The molecule has 0 aliphatic rings. The van der Waals surface area contributed by atoms with Crippen LogP contribution in [0.5, 0.6) is 0 Å². The van der Waals surface area contributed by atoms with E-state index >= 15 is 0 Å². The monoisotopic (exact) mass is 675 g/mol. The number of para-hydroxylation sites is 3. The van der Waals surface area contributed by atoms with E-state index in [1.165, 1.54) is 76.8 Å². The first-order valence-electron chi connectivity index (χ1n) is 18.2. The van der Waals surface area contributed by atoms with E-state index in [0.717, 1.165) is 17.1 Å². The number of rotatable bonds is 5. The number of fused-ring (bicyclic) bond motifs is 7. The molecular formula is C50H33N3. The van der Waals surface area contributed by atoms with Crippen molar-refractivity contribution in [2.45, 2.75) is 0 Å². The van der Waals surface area contributed by atoms with Crippen molar-refractivity contribution in [3.05, 3.63) is 200 Å². The van der Waals surface area contributed by atoms with Gasteiger partial charge in [-0.15, -0.1) is 0 Å². The van der Waals surface area contributed by atoms with Crippen LogP contribution in [0.25, 0.3) is 93.8 Å². The second-order valence-electron chi connectivity index (χ2n) is 13.9. The van der Waals surface area contributed by atoms with Crippen LogP contribution in [0.15, 0.2) is 200 Å². The predicted octanol–water partition coefficient (Wildman–Crippen LogP) is 13.2. The third-order valence-electron chi connectivity index (χ3n) is 10.8. The summed E-state index contributed by atoms with van der Waals surface area (Å²) < 4.78 is 7.20. The highest BCUT2D eigenvalue weighted by Crippen LogP contribution is 2.40. The Bertz CT molecular complexity index is 3150. The van der Waals surface area contributed by atoms with Gasteiger partial charge in [-0.3, -0.25) is 0 Å². The van der Waals surface area contributed by atoms with Gasteiger partial charge in [0.15, 0.2) is 0 Å². The van der Waals surface area contributed by atoms with Gasteiger partial charge in [-0.1, -0.05) is 121 Å². The minimum Gasteiger partial charge on any atom is -0.317 e. The third kappa shape index (κ3) is 4.68. The minimum absolute atomic E-state index is 1.13. The lowest BCUT2D eigenvalue weighted by atomic mass is 10.0. The van der Waals surface area contributed by atoms with Crippen LogP contribution in [0.4, 0.5) is 0 Å². The molecule has 0 amide bonds. The molecular weight excluding hydrogens is 643 g/mol. The highest BCUT2D eigenvalue weighted by Gasteiger charge is 2.19. The molecule has 0 bridgehead atoms. The van der Waals surface area contributed by atoms with Gasteiger partial charge in [0.1, 0.15) is 0 Å². The van der Waals surface area contributed by atoms with E-state index in [1.807, 2.05) is 0 Å². The van der Waals surface area contributed by atoms with Crippen molar-refractivity contribution in [2.75, 3.05) is 0 Å². The van der Waals surface area contributed by atoms with Gasteiger partial charge < -0.3 is 13.7 Å². The van der Waals surface area contributed by atoms with E-state index in [0.29, 0.717) is 0 Å². The molecule has 0 fully saturated rings. The van der Waals surface area contributed by atoms with Crippen LogP contribution in [0, 0.1) is 0 Å². The van der Waals surface area contributed by atoms with Gasteiger partial charge in [-0.2, -0.15) is 0 Å². The van der Waals surface area contributed by atoms with Crippen LogP contribution < -0.4 is 0 Å². The minimum atomic E-state index is 1.13. The Morgan fingerprint density at radius 2 is 0.792 bits per heavy atom. The van der Waals surface area contributed by atoms with Crippen molar-refractivity contribution >= 4 is 54.5 Å². The van der Waals surface area contributed by atoms with E-state index in [2.05, 4.69) is 214 Å².